The molecule has 2 fully saturated rings. The van der Waals surface area contributed by atoms with Crippen molar-refractivity contribution in [3.05, 3.63) is 35.9 Å². The first-order valence-corrected chi connectivity index (χ1v) is 9.00. The van der Waals surface area contributed by atoms with Crippen LogP contribution in [0.4, 0.5) is 0 Å². The number of hydrogen-bond acceptors (Lipinski definition) is 2. The van der Waals surface area contributed by atoms with Gasteiger partial charge in [-0.15, -0.1) is 0 Å². The quantitative estimate of drug-likeness (QED) is 0.851. The van der Waals surface area contributed by atoms with E-state index in [4.69, 9.17) is 0 Å². The molecule has 126 valence electrons. The molecule has 1 aromatic rings. The molecule has 1 aromatic carbocycles. The first-order valence-electron chi connectivity index (χ1n) is 9.00. The van der Waals surface area contributed by atoms with E-state index in [0.717, 1.165) is 32.1 Å². The number of carbonyl (C=O) groups excluding carboxylic acids is 1. The Labute approximate surface area is 140 Å². The molecule has 0 N–H and O–H groups in total. The van der Waals surface area contributed by atoms with Crippen LogP contribution in [0, 0.1) is 5.41 Å². The molecule has 3 rings (SSSR count). The monoisotopic (exact) mass is 314 g/mol. The summed E-state index contributed by atoms with van der Waals surface area (Å²) >= 11 is 0. The molecule has 1 unspecified atom stereocenters. The lowest BCUT2D eigenvalue weighted by Gasteiger charge is -2.42. The van der Waals surface area contributed by atoms with Crippen LogP contribution in [0.15, 0.2) is 30.3 Å². The van der Waals surface area contributed by atoms with Gasteiger partial charge < -0.3 is 4.90 Å². The summed E-state index contributed by atoms with van der Waals surface area (Å²) in [5.74, 6) is 0.328. The van der Waals surface area contributed by atoms with Crippen molar-refractivity contribution in [2.75, 3.05) is 19.6 Å². The van der Waals surface area contributed by atoms with Crippen molar-refractivity contribution in [1.29, 1.82) is 0 Å². The van der Waals surface area contributed by atoms with E-state index in [-0.39, 0.29) is 5.41 Å². The van der Waals surface area contributed by atoms with E-state index < -0.39 is 0 Å². The van der Waals surface area contributed by atoms with Gasteiger partial charge in [0, 0.05) is 38.1 Å². The fourth-order valence-corrected chi connectivity index (χ4v) is 3.60. The molecule has 3 heteroatoms. The molecule has 0 aromatic heterocycles. The minimum absolute atomic E-state index is 0.0575. The summed E-state index contributed by atoms with van der Waals surface area (Å²) in [6.07, 6.45) is 4.30. The van der Waals surface area contributed by atoms with Gasteiger partial charge in [-0.1, -0.05) is 51.1 Å². The van der Waals surface area contributed by atoms with Gasteiger partial charge >= 0.3 is 0 Å². The lowest BCUT2D eigenvalue weighted by molar-refractivity contribution is -0.138. The predicted octanol–water partition coefficient (Wildman–Crippen LogP) is 3.34. The molecule has 23 heavy (non-hydrogen) atoms. The smallest absolute Gasteiger partial charge is 0.223 e. The van der Waals surface area contributed by atoms with Gasteiger partial charge in [0.25, 0.3) is 0 Å². The molecule has 1 atom stereocenters. The highest BCUT2D eigenvalue weighted by Crippen LogP contribution is 2.30. The summed E-state index contributed by atoms with van der Waals surface area (Å²) in [6.45, 7) is 9.43. The van der Waals surface area contributed by atoms with Crippen LogP contribution < -0.4 is 0 Å². The van der Waals surface area contributed by atoms with Crippen molar-refractivity contribution in [3.63, 3.8) is 0 Å². The third-order valence-corrected chi connectivity index (χ3v) is 4.89. The molecule has 2 aliphatic rings. The Morgan fingerprint density at radius 3 is 2.43 bits per heavy atom. The Morgan fingerprint density at radius 1 is 1.13 bits per heavy atom. The molecule has 1 saturated carbocycles. The molecule has 1 saturated heterocycles. The first kappa shape index (κ1) is 16.5. The molecule has 1 aliphatic carbocycles. The summed E-state index contributed by atoms with van der Waals surface area (Å²) in [4.78, 5) is 17.6. The van der Waals surface area contributed by atoms with Crippen molar-refractivity contribution in [1.82, 2.24) is 9.80 Å². The topological polar surface area (TPSA) is 23.6 Å². The molecular formula is C20H30N2O. The fraction of sp³-hybridized carbons (Fsp3) is 0.650. The highest BCUT2D eigenvalue weighted by Gasteiger charge is 2.37. The first-order chi connectivity index (χ1) is 10.9. The van der Waals surface area contributed by atoms with Crippen LogP contribution in [0.5, 0.6) is 0 Å². The molecule has 1 amide bonds. The van der Waals surface area contributed by atoms with Gasteiger partial charge in [0.1, 0.15) is 0 Å². The van der Waals surface area contributed by atoms with Crippen LogP contribution in [0.25, 0.3) is 0 Å². The zero-order valence-electron chi connectivity index (χ0n) is 14.8. The summed E-state index contributed by atoms with van der Waals surface area (Å²) in [5.41, 5.74) is 1.39. The van der Waals surface area contributed by atoms with Gasteiger partial charge in [-0.25, -0.2) is 0 Å². The Kier molecular flexibility index (Phi) is 4.77. The lowest BCUT2D eigenvalue weighted by atomic mass is 9.90. The van der Waals surface area contributed by atoms with Crippen molar-refractivity contribution >= 4 is 5.91 Å². The van der Waals surface area contributed by atoms with Crippen molar-refractivity contribution in [2.24, 2.45) is 5.41 Å². The van der Waals surface area contributed by atoms with E-state index in [9.17, 15) is 4.79 Å². The van der Waals surface area contributed by atoms with Crippen LogP contribution in [0.2, 0.25) is 0 Å². The van der Waals surface area contributed by atoms with E-state index >= 15 is 0 Å². The summed E-state index contributed by atoms with van der Waals surface area (Å²) in [6, 6.07) is 11.7. The zero-order valence-corrected chi connectivity index (χ0v) is 14.8. The van der Waals surface area contributed by atoms with E-state index in [1.165, 1.54) is 18.4 Å². The molecule has 3 nitrogen and oxygen atoms in total. The second kappa shape index (κ2) is 6.64. The van der Waals surface area contributed by atoms with E-state index in [2.05, 4.69) is 60.9 Å². The van der Waals surface area contributed by atoms with Gasteiger partial charge in [-0.05, 0) is 30.2 Å². The Bertz CT molecular complexity index is 530. The summed E-state index contributed by atoms with van der Waals surface area (Å²) in [5, 5.41) is 0. The van der Waals surface area contributed by atoms with Crippen LogP contribution in [0.1, 0.15) is 45.6 Å². The van der Waals surface area contributed by atoms with Crippen molar-refractivity contribution in [3.8, 4) is 0 Å². The normalized spacial score (nSPS) is 23.1. The second-order valence-corrected chi connectivity index (χ2v) is 8.39. The molecule has 1 aliphatic heterocycles. The lowest BCUT2D eigenvalue weighted by Crippen LogP contribution is -2.56. The molecule has 0 spiro atoms. The van der Waals surface area contributed by atoms with E-state index in [1.807, 2.05) is 0 Å². The maximum Gasteiger partial charge on any atom is 0.223 e. The number of carbonyl (C=O) groups is 1. The van der Waals surface area contributed by atoms with Gasteiger partial charge in [0.05, 0.1) is 0 Å². The average molecular weight is 314 g/mol. The van der Waals surface area contributed by atoms with Crippen molar-refractivity contribution in [2.45, 2.75) is 58.5 Å². The third kappa shape index (κ3) is 4.57. The number of hydrogen-bond donors (Lipinski definition) is 0. The fourth-order valence-electron chi connectivity index (χ4n) is 3.60. The molecule has 0 bridgehead atoms. The predicted molar refractivity (Wildman–Crippen MR) is 94.3 cm³/mol. The second-order valence-electron chi connectivity index (χ2n) is 8.39. The van der Waals surface area contributed by atoms with Crippen LogP contribution in [0.3, 0.4) is 0 Å². The Morgan fingerprint density at radius 2 is 1.83 bits per heavy atom. The number of benzene rings is 1. The molecule has 0 radical (unpaired) electrons. The highest BCUT2D eigenvalue weighted by atomic mass is 16.2. The minimum Gasteiger partial charge on any atom is -0.337 e. The third-order valence-electron chi connectivity index (χ3n) is 4.89. The molecule has 1 heterocycles. The number of piperazine rings is 1. The van der Waals surface area contributed by atoms with E-state index in [0.29, 0.717) is 18.4 Å². The maximum atomic E-state index is 12.8. The van der Waals surface area contributed by atoms with Crippen LogP contribution >= 0.6 is 0 Å². The van der Waals surface area contributed by atoms with Gasteiger partial charge in [0.2, 0.25) is 5.91 Å². The van der Waals surface area contributed by atoms with Gasteiger partial charge in [-0.2, -0.15) is 0 Å². The van der Waals surface area contributed by atoms with Crippen molar-refractivity contribution < 1.29 is 4.79 Å². The van der Waals surface area contributed by atoms with Gasteiger partial charge in [0.15, 0.2) is 0 Å². The standard InChI is InChI=1S/C20H30N2O/c1-20(2,3)14-19(23)22-12-11-21(17-9-10-17)15-18(22)13-16-7-5-4-6-8-16/h4-8,17-18H,9-15H2,1-3H3. The van der Waals surface area contributed by atoms with Crippen LogP contribution in [-0.4, -0.2) is 47.4 Å². The number of amides is 1. The SMILES string of the molecule is CC(C)(C)CC(=O)N1CCN(C2CC2)CC1Cc1ccccc1. The Hall–Kier alpha value is -1.35. The highest BCUT2D eigenvalue weighted by molar-refractivity contribution is 5.77. The van der Waals surface area contributed by atoms with Crippen LogP contribution in [-0.2, 0) is 11.2 Å². The maximum absolute atomic E-state index is 12.8. The largest absolute Gasteiger partial charge is 0.337 e. The minimum atomic E-state index is 0.0575. The molecular weight excluding hydrogens is 284 g/mol. The Balaban J connectivity index is 1.71. The number of rotatable bonds is 4. The van der Waals surface area contributed by atoms with E-state index in [1.54, 1.807) is 0 Å². The average Bonchev–Trinajstić information content (AvgIpc) is 3.31. The number of nitrogens with zero attached hydrogens (tertiary/aromatic N) is 2. The zero-order chi connectivity index (χ0) is 16.4. The summed E-state index contributed by atoms with van der Waals surface area (Å²) in [7, 11) is 0. The van der Waals surface area contributed by atoms with Gasteiger partial charge in [-0.3, -0.25) is 9.69 Å². The summed E-state index contributed by atoms with van der Waals surface area (Å²) < 4.78 is 0.